The van der Waals surface area contributed by atoms with Crippen molar-refractivity contribution in [3.05, 3.63) is 78.0 Å². The Morgan fingerprint density at radius 1 is 1.04 bits per heavy atom. The van der Waals surface area contributed by atoms with Crippen molar-refractivity contribution in [3.63, 3.8) is 0 Å². The van der Waals surface area contributed by atoms with E-state index in [-0.39, 0.29) is 4.90 Å². The summed E-state index contributed by atoms with van der Waals surface area (Å²) in [6.07, 6.45) is 3.68. The molecule has 6 nitrogen and oxygen atoms in total. The van der Waals surface area contributed by atoms with Crippen LogP contribution in [0.1, 0.15) is 17.0 Å². The lowest BCUT2D eigenvalue weighted by Gasteiger charge is -2.22. The predicted octanol–water partition coefficient (Wildman–Crippen LogP) is 2.83. The molecule has 7 heteroatoms. The van der Waals surface area contributed by atoms with Crippen molar-refractivity contribution in [1.29, 1.82) is 0 Å². The first-order chi connectivity index (χ1) is 12.0. The number of sulfonamides is 1. The molecule has 2 aromatic carbocycles. The van der Waals surface area contributed by atoms with E-state index in [1.54, 1.807) is 18.3 Å². The van der Waals surface area contributed by atoms with Crippen LogP contribution >= 0.6 is 0 Å². The van der Waals surface area contributed by atoms with E-state index in [1.807, 2.05) is 24.3 Å². The van der Waals surface area contributed by atoms with Crippen LogP contribution in [-0.2, 0) is 16.4 Å². The third-order valence-electron chi connectivity index (χ3n) is 3.96. The van der Waals surface area contributed by atoms with Gasteiger partial charge in [0.1, 0.15) is 17.8 Å². The first-order valence-electron chi connectivity index (χ1n) is 7.54. The molecule has 0 saturated carbocycles. The Kier molecular flexibility index (Phi) is 3.67. The summed E-state index contributed by atoms with van der Waals surface area (Å²) in [5.41, 5.74) is 2.54. The SMILES string of the molecule is NS(=O)(=O)c1ccc(C2=C(c3ncco3)Cc3ccccc3O2)cc1. The molecule has 0 amide bonds. The number of rotatable bonds is 3. The number of para-hydroxylation sites is 1. The number of nitrogens with two attached hydrogens (primary N) is 1. The lowest BCUT2D eigenvalue weighted by molar-refractivity contribution is 0.491. The summed E-state index contributed by atoms with van der Waals surface area (Å²) in [4.78, 5) is 4.27. The van der Waals surface area contributed by atoms with Crippen LogP contribution in [0.15, 0.2) is 70.3 Å². The summed E-state index contributed by atoms with van der Waals surface area (Å²) in [6, 6.07) is 13.9. The normalized spacial score (nSPS) is 14.1. The molecule has 2 heterocycles. The zero-order valence-corrected chi connectivity index (χ0v) is 13.9. The highest BCUT2D eigenvalue weighted by Gasteiger charge is 2.24. The minimum absolute atomic E-state index is 0.0470. The second-order valence-electron chi connectivity index (χ2n) is 5.60. The number of allylic oxidation sites excluding steroid dienone is 1. The highest BCUT2D eigenvalue weighted by Crippen LogP contribution is 2.38. The Morgan fingerprint density at radius 2 is 1.80 bits per heavy atom. The summed E-state index contributed by atoms with van der Waals surface area (Å²) in [5, 5.41) is 5.16. The minimum atomic E-state index is -3.74. The number of aromatic nitrogens is 1. The van der Waals surface area contributed by atoms with Crippen molar-refractivity contribution in [2.24, 2.45) is 5.14 Å². The van der Waals surface area contributed by atoms with Crippen molar-refractivity contribution in [2.45, 2.75) is 11.3 Å². The first kappa shape index (κ1) is 15.6. The van der Waals surface area contributed by atoms with Crippen LogP contribution in [0.4, 0.5) is 0 Å². The number of fused-ring (bicyclic) bond motifs is 1. The van der Waals surface area contributed by atoms with E-state index in [9.17, 15) is 8.42 Å². The molecule has 0 fully saturated rings. The second kappa shape index (κ2) is 5.87. The van der Waals surface area contributed by atoms with Crippen LogP contribution in [0.5, 0.6) is 5.75 Å². The number of ether oxygens (including phenoxy) is 1. The van der Waals surface area contributed by atoms with Gasteiger partial charge in [0.25, 0.3) is 0 Å². The van der Waals surface area contributed by atoms with E-state index in [0.717, 1.165) is 22.4 Å². The molecule has 2 N–H and O–H groups in total. The quantitative estimate of drug-likeness (QED) is 0.780. The molecular weight excluding hydrogens is 340 g/mol. The lowest BCUT2D eigenvalue weighted by atomic mass is 9.97. The Morgan fingerprint density at radius 3 is 2.48 bits per heavy atom. The monoisotopic (exact) mass is 354 g/mol. The summed E-state index contributed by atoms with van der Waals surface area (Å²) < 4.78 is 34.4. The summed E-state index contributed by atoms with van der Waals surface area (Å²) in [5.74, 6) is 1.81. The molecule has 0 spiro atoms. The molecule has 4 rings (SSSR count). The van der Waals surface area contributed by atoms with Gasteiger partial charge in [0, 0.05) is 12.0 Å². The summed E-state index contributed by atoms with van der Waals surface area (Å²) in [7, 11) is -3.74. The zero-order chi connectivity index (χ0) is 17.4. The number of nitrogens with zero attached hydrogens (tertiary/aromatic N) is 1. The largest absolute Gasteiger partial charge is 0.456 e. The van der Waals surface area contributed by atoms with Crippen LogP contribution in [0.2, 0.25) is 0 Å². The maximum Gasteiger partial charge on any atom is 0.238 e. The molecular formula is C18H14N2O4S. The molecule has 25 heavy (non-hydrogen) atoms. The van der Waals surface area contributed by atoms with Gasteiger partial charge in [-0.25, -0.2) is 18.5 Å². The summed E-state index contributed by atoms with van der Waals surface area (Å²) >= 11 is 0. The van der Waals surface area contributed by atoms with E-state index in [2.05, 4.69) is 4.98 Å². The topological polar surface area (TPSA) is 95.4 Å². The Bertz CT molecular complexity index is 1050. The van der Waals surface area contributed by atoms with Gasteiger partial charge in [0.15, 0.2) is 0 Å². The number of oxazole rings is 1. The van der Waals surface area contributed by atoms with Gasteiger partial charge in [0.05, 0.1) is 16.7 Å². The third-order valence-corrected chi connectivity index (χ3v) is 4.89. The Balaban J connectivity index is 1.84. The molecule has 1 aliphatic heterocycles. The summed E-state index contributed by atoms with van der Waals surface area (Å²) in [6.45, 7) is 0. The van der Waals surface area contributed by atoms with Crippen molar-refractivity contribution >= 4 is 21.4 Å². The molecule has 0 atom stereocenters. The lowest BCUT2D eigenvalue weighted by Crippen LogP contribution is -2.13. The van der Waals surface area contributed by atoms with Gasteiger partial charge in [-0.15, -0.1) is 0 Å². The maximum atomic E-state index is 11.4. The highest BCUT2D eigenvalue weighted by atomic mass is 32.2. The van der Waals surface area contributed by atoms with Gasteiger partial charge in [-0.2, -0.15) is 0 Å². The van der Waals surface area contributed by atoms with E-state index < -0.39 is 10.0 Å². The Hall–Kier alpha value is -2.90. The van der Waals surface area contributed by atoms with Crippen LogP contribution in [0, 0.1) is 0 Å². The molecule has 0 unspecified atom stereocenters. The van der Waals surface area contributed by atoms with Crippen LogP contribution < -0.4 is 9.88 Å². The smallest absolute Gasteiger partial charge is 0.238 e. The van der Waals surface area contributed by atoms with Gasteiger partial charge in [0.2, 0.25) is 15.9 Å². The molecule has 1 aliphatic rings. The average molecular weight is 354 g/mol. The van der Waals surface area contributed by atoms with E-state index in [1.165, 1.54) is 18.4 Å². The number of hydrogen-bond acceptors (Lipinski definition) is 5. The number of benzene rings is 2. The fourth-order valence-corrected chi connectivity index (χ4v) is 3.28. The molecule has 0 radical (unpaired) electrons. The zero-order valence-electron chi connectivity index (χ0n) is 13.0. The minimum Gasteiger partial charge on any atom is -0.456 e. The average Bonchev–Trinajstić information content (AvgIpc) is 3.14. The van der Waals surface area contributed by atoms with Gasteiger partial charge < -0.3 is 9.15 Å². The van der Waals surface area contributed by atoms with Crippen molar-refractivity contribution in [3.8, 4) is 5.75 Å². The molecule has 0 aliphatic carbocycles. The fraction of sp³-hybridized carbons (Fsp3) is 0.0556. The first-order valence-corrected chi connectivity index (χ1v) is 9.09. The Labute approximate surface area is 144 Å². The molecule has 126 valence electrons. The van der Waals surface area contributed by atoms with E-state index >= 15 is 0 Å². The highest BCUT2D eigenvalue weighted by molar-refractivity contribution is 7.89. The van der Waals surface area contributed by atoms with E-state index in [0.29, 0.717) is 18.1 Å². The van der Waals surface area contributed by atoms with Crippen LogP contribution in [-0.4, -0.2) is 13.4 Å². The van der Waals surface area contributed by atoms with Gasteiger partial charge in [-0.3, -0.25) is 0 Å². The molecule has 0 saturated heterocycles. The van der Waals surface area contributed by atoms with Gasteiger partial charge >= 0.3 is 0 Å². The molecule has 1 aromatic heterocycles. The third kappa shape index (κ3) is 2.95. The van der Waals surface area contributed by atoms with Crippen LogP contribution in [0.3, 0.4) is 0 Å². The van der Waals surface area contributed by atoms with Crippen molar-refractivity contribution in [2.75, 3.05) is 0 Å². The van der Waals surface area contributed by atoms with Crippen molar-refractivity contribution < 1.29 is 17.6 Å². The number of primary sulfonamides is 1. The predicted molar refractivity (Wildman–Crippen MR) is 91.9 cm³/mol. The molecule has 0 bridgehead atoms. The van der Waals surface area contributed by atoms with Gasteiger partial charge in [-0.05, 0) is 35.9 Å². The number of hydrogen-bond donors (Lipinski definition) is 1. The second-order valence-corrected chi connectivity index (χ2v) is 7.16. The fourth-order valence-electron chi connectivity index (χ4n) is 2.77. The molecule has 3 aromatic rings. The van der Waals surface area contributed by atoms with Crippen LogP contribution in [0.25, 0.3) is 11.3 Å². The van der Waals surface area contributed by atoms with Gasteiger partial charge in [-0.1, -0.05) is 18.2 Å². The van der Waals surface area contributed by atoms with Crippen molar-refractivity contribution in [1.82, 2.24) is 4.98 Å². The maximum absolute atomic E-state index is 11.4. The standard InChI is InChI=1S/C18H14N2O4S/c19-25(21,22)14-7-5-12(6-8-14)17-15(18-20-9-10-23-18)11-13-3-1-2-4-16(13)24-17/h1-10H,11H2,(H2,19,21,22). The van der Waals surface area contributed by atoms with E-state index in [4.69, 9.17) is 14.3 Å².